The molecule has 5 saturated heterocycles. The molecule has 5 aliphatic heterocycles. The molecule has 6 rings (SSSR count). The molecule has 2 amide bonds. The number of anilines is 2. The van der Waals surface area contributed by atoms with Crippen LogP contribution in [0.5, 0.6) is 0 Å². The number of nitrogens with zero attached hydrogens (tertiary/aromatic N) is 4. The van der Waals surface area contributed by atoms with Gasteiger partial charge in [-0.15, -0.1) is 0 Å². The zero-order valence-electron chi connectivity index (χ0n) is 19.3. The highest BCUT2D eigenvalue weighted by molar-refractivity contribution is 5.75. The number of carbonyl (C=O) groups is 1. The number of carbonyl (C=O) groups excluding carboxylic acids is 1. The Hall–Kier alpha value is -1.95. The molecule has 5 fully saturated rings. The molecule has 0 N–H and O–H groups in total. The van der Waals surface area contributed by atoms with Gasteiger partial charge >= 0.3 is 6.03 Å². The Bertz CT molecular complexity index is 768. The van der Waals surface area contributed by atoms with Crippen LogP contribution >= 0.6 is 0 Å². The molecule has 0 aromatic heterocycles. The monoisotopic (exact) mass is 426 g/mol. The molecule has 0 spiro atoms. The van der Waals surface area contributed by atoms with E-state index in [2.05, 4.69) is 52.8 Å². The molecule has 31 heavy (non-hydrogen) atoms. The van der Waals surface area contributed by atoms with Crippen LogP contribution in [0.4, 0.5) is 16.2 Å². The number of piperidine rings is 2. The summed E-state index contributed by atoms with van der Waals surface area (Å²) in [5.74, 6) is 0.514. The van der Waals surface area contributed by atoms with Crippen LogP contribution in [0.3, 0.4) is 0 Å². The molecule has 5 aliphatic rings. The summed E-state index contributed by atoms with van der Waals surface area (Å²) in [6.45, 7) is 12.6. The second-order valence-electron chi connectivity index (χ2n) is 10.6. The maximum absolute atomic E-state index is 13.3. The number of morpholine rings is 1. The number of fused-ring (bicyclic) bond motifs is 4. The van der Waals surface area contributed by atoms with Crippen molar-refractivity contribution in [3.05, 3.63) is 24.3 Å². The van der Waals surface area contributed by atoms with Crippen molar-refractivity contribution in [2.24, 2.45) is 11.3 Å². The summed E-state index contributed by atoms with van der Waals surface area (Å²) in [5.41, 5.74) is 2.85. The van der Waals surface area contributed by atoms with Crippen molar-refractivity contribution in [3.8, 4) is 0 Å². The van der Waals surface area contributed by atoms with E-state index in [1.807, 2.05) is 4.90 Å². The second-order valence-corrected chi connectivity index (χ2v) is 10.6. The Labute approximate surface area is 187 Å². The van der Waals surface area contributed by atoms with Crippen LogP contribution in [0.15, 0.2) is 24.3 Å². The molecule has 6 heteroatoms. The topological polar surface area (TPSA) is 39.3 Å². The van der Waals surface area contributed by atoms with Gasteiger partial charge in [-0.3, -0.25) is 0 Å². The van der Waals surface area contributed by atoms with Crippen molar-refractivity contribution in [2.75, 3.05) is 68.8 Å². The van der Waals surface area contributed by atoms with Crippen LogP contribution in [-0.4, -0.2) is 80.9 Å². The summed E-state index contributed by atoms with van der Waals surface area (Å²) >= 11 is 0. The first kappa shape index (κ1) is 20.9. The average molecular weight is 427 g/mol. The van der Waals surface area contributed by atoms with Gasteiger partial charge in [0.25, 0.3) is 0 Å². The van der Waals surface area contributed by atoms with E-state index in [4.69, 9.17) is 4.74 Å². The highest BCUT2D eigenvalue weighted by Crippen LogP contribution is 2.43. The van der Waals surface area contributed by atoms with Gasteiger partial charge in [-0.25, -0.2) is 4.79 Å². The third kappa shape index (κ3) is 4.23. The van der Waals surface area contributed by atoms with Gasteiger partial charge in [-0.05, 0) is 61.3 Å². The van der Waals surface area contributed by atoms with Gasteiger partial charge in [0.05, 0.1) is 19.3 Å². The zero-order chi connectivity index (χ0) is 21.4. The first-order valence-corrected chi connectivity index (χ1v) is 12.2. The molecular weight excluding hydrogens is 388 g/mol. The number of benzene rings is 1. The van der Waals surface area contributed by atoms with Gasteiger partial charge < -0.3 is 24.3 Å². The fraction of sp³-hybridized carbons (Fsp3) is 0.720. The molecule has 1 aromatic rings. The maximum Gasteiger partial charge on any atom is 0.320 e. The molecule has 0 radical (unpaired) electrons. The Kier molecular flexibility index (Phi) is 5.76. The molecule has 5 heterocycles. The molecule has 0 unspecified atom stereocenters. The van der Waals surface area contributed by atoms with E-state index in [1.165, 1.54) is 50.1 Å². The van der Waals surface area contributed by atoms with Gasteiger partial charge in [0.1, 0.15) is 0 Å². The highest BCUT2D eigenvalue weighted by atomic mass is 16.5. The summed E-state index contributed by atoms with van der Waals surface area (Å²) in [6, 6.07) is 9.80. The van der Waals surface area contributed by atoms with Crippen LogP contribution in [0, 0.1) is 11.3 Å². The normalized spacial score (nSPS) is 28.6. The minimum atomic E-state index is 0.189. The van der Waals surface area contributed by atoms with E-state index >= 15 is 0 Å². The fourth-order valence-corrected chi connectivity index (χ4v) is 6.24. The average Bonchev–Trinajstić information content (AvgIpc) is 3.07. The van der Waals surface area contributed by atoms with Crippen LogP contribution in [-0.2, 0) is 4.74 Å². The number of hydrogen-bond donors (Lipinski definition) is 0. The van der Waals surface area contributed by atoms with E-state index in [9.17, 15) is 4.79 Å². The summed E-state index contributed by atoms with van der Waals surface area (Å²) in [5, 5.41) is 0. The Balaban J connectivity index is 1.34. The predicted molar refractivity (Wildman–Crippen MR) is 125 cm³/mol. The summed E-state index contributed by atoms with van der Waals surface area (Å²) in [7, 11) is 0. The lowest BCUT2D eigenvalue weighted by atomic mass is 9.73. The lowest BCUT2D eigenvalue weighted by Crippen LogP contribution is -2.55. The summed E-state index contributed by atoms with van der Waals surface area (Å²) in [6.07, 6.45) is 5.16. The van der Waals surface area contributed by atoms with Crippen LogP contribution in [0.25, 0.3) is 0 Å². The largest absolute Gasteiger partial charge is 0.378 e. The number of rotatable bonds is 2. The Morgan fingerprint density at radius 2 is 1.55 bits per heavy atom. The van der Waals surface area contributed by atoms with E-state index in [0.29, 0.717) is 25.2 Å². The SMILES string of the molecule is CC1(C)C[C@@H]2CN(C(=O)N3CCOCC3)C[C@H]1N(c1ccc(N3CCCCC3)cc1)C2. The number of hydrogen-bond acceptors (Lipinski definition) is 4. The maximum atomic E-state index is 13.3. The lowest BCUT2D eigenvalue weighted by molar-refractivity contribution is 0.0428. The Morgan fingerprint density at radius 1 is 0.871 bits per heavy atom. The molecule has 2 atom stereocenters. The predicted octanol–water partition coefficient (Wildman–Crippen LogP) is 3.67. The van der Waals surface area contributed by atoms with Gasteiger partial charge in [-0.1, -0.05) is 13.8 Å². The van der Waals surface area contributed by atoms with Crippen LogP contribution in [0.1, 0.15) is 39.5 Å². The van der Waals surface area contributed by atoms with Crippen molar-refractivity contribution in [2.45, 2.75) is 45.6 Å². The van der Waals surface area contributed by atoms with Gasteiger partial charge in [-0.2, -0.15) is 0 Å². The molecule has 6 nitrogen and oxygen atoms in total. The molecule has 1 aromatic carbocycles. The summed E-state index contributed by atoms with van der Waals surface area (Å²) in [4.78, 5) is 22.5. The smallest absolute Gasteiger partial charge is 0.320 e. The van der Waals surface area contributed by atoms with Crippen LogP contribution < -0.4 is 9.80 Å². The van der Waals surface area contributed by atoms with E-state index in [-0.39, 0.29) is 11.4 Å². The zero-order valence-corrected chi connectivity index (χ0v) is 19.3. The van der Waals surface area contributed by atoms with Crippen molar-refractivity contribution in [1.82, 2.24) is 9.80 Å². The second kappa shape index (κ2) is 8.53. The van der Waals surface area contributed by atoms with Gasteiger partial charge in [0, 0.05) is 57.2 Å². The molecular formula is C25H38N4O2. The van der Waals surface area contributed by atoms with Gasteiger partial charge in [0.15, 0.2) is 0 Å². The summed E-state index contributed by atoms with van der Waals surface area (Å²) < 4.78 is 5.45. The number of amides is 2. The Morgan fingerprint density at radius 3 is 2.26 bits per heavy atom. The number of urea groups is 1. The van der Waals surface area contributed by atoms with E-state index in [1.54, 1.807) is 0 Å². The van der Waals surface area contributed by atoms with Crippen molar-refractivity contribution >= 4 is 17.4 Å². The minimum Gasteiger partial charge on any atom is -0.378 e. The minimum absolute atomic E-state index is 0.189. The quantitative estimate of drug-likeness (QED) is 0.723. The molecule has 170 valence electrons. The highest BCUT2D eigenvalue weighted by Gasteiger charge is 2.47. The molecule has 0 aliphatic carbocycles. The number of ether oxygens (including phenoxy) is 1. The third-order valence-corrected chi connectivity index (χ3v) is 7.87. The van der Waals surface area contributed by atoms with Crippen molar-refractivity contribution < 1.29 is 9.53 Å². The van der Waals surface area contributed by atoms with Crippen molar-refractivity contribution in [1.29, 1.82) is 0 Å². The van der Waals surface area contributed by atoms with Gasteiger partial charge in [0.2, 0.25) is 0 Å². The van der Waals surface area contributed by atoms with Crippen molar-refractivity contribution in [3.63, 3.8) is 0 Å². The third-order valence-electron chi connectivity index (χ3n) is 7.87. The molecule has 0 saturated carbocycles. The standard InChI is InChI=1S/C25H38N4O2/c1-25(2)16-20-17-28(24(30)27-12-14-31-15-13-27)19-23(25)29(18-20)22-8-6-21(7-9-22)26-10-4-3-5-11-26/h6-9,20,23H,3-5,10-19H2,1-2H3/t20-,23-/m1/s1. The molecule has 2 bridgehead atoms. The van der Waals surface area contributed by atoms with E-state index in [0.717, 1.165) is 32.7 Å². The fourth-order valence-electron chi connectivity index (χ4n) is 6.24. The first-order chi connectivity index (χ1) is 15.0. The van der Waals surface area contributed by atoms with E-state index < -0.39 is 0 Å². The van der Waals surface area contributed by atoms with Crippen LogP contribution in [0.2, 0.25) is 0 Å². The lowest BCUT2D eigenvalue weighted by Gasteiger charge is -2.48. The first-order valence-electron chi connectivity index (χ1n) is 12.2.